The number of amidine groups is 1. The lowest BCUT2D eigenvalue weighted by atomic mass is 9.93. The first kappa shape index (κ1) is 25.5. The normalized spacial score (nSPS) is 16.8. The summed E-state index contributed by atoms with van der Waals surface area (Å²) in [6.45, 7) is 4.64. The summed E-state index contributed by atoms with van der Waals surface area (Å²) in [6.07, 6.45) is 0.168. The monoisotopic (exact) mass is 507 g/mol. The number of aliphatic imine (C=N–C) groups is 1. The molecule has 8 nitrogen and oxygen atoms in total. The van der Waals surface area contributed by atoms with Gasteiger partial charge < -0.3 is 24.4 Å². The number of methoxy groups -OCH3 is 1. The Labute approximate surface area is 215 Å². The summed E-state index contributed by atoms with van der Waals surface area (Å²) >= 11 is 1.44. The van der Waals surface area contributed by atoms with Gasteiger partial charge in [0, 0.05) is 19.4 Å². The summed E-state index contributed by atoms with van der Waals surface area (Å²) in [5.74, 6) is 0.774. The predicted octanol–water partition coefficient (Wildman–Crippen LogP) is 4.77. The number of nitrogens with one attached hydrogen (secondary N) is 1. The van der Waals surface area contributed by atoms with E-state index in [0.717, 1.165) is 11.3 Å². The molecule has 0 aromatic heterocycles. The second-order valence-corrected chi connectivity index (χ2v) is 8.98. The minimum absolute atomic E-state index is 0.0963. The van der Waals surface area contributed by atoms with Crippen LogP contribution in [0.3, 0.4) is 0 Å². The summed E-state index contributed by atoms with van der Waals surface area (Å²) in [5.41, 5.74) is 2.57. The number of esters is 1. The summed E-state index contributed by atoms with van der Waals surface area (Å²) in [4.78, 5) is 32.4. The highest BCUT2D eigenvalue weighted by Crippen LogP contribution is 2.45. The molecular weight excluding hydrogens is 478 g/mol. The number of nitrogens with zero attached hydrogens (tertiary/aromatic N) is 2. The molecule has 1 unspecified atom stereocenters. The first-order valence-electron chi connectivity index (χ1n) is 11.7. The van der Waals surface area contributed by atoms with Crippen LogP contribution in [0.5, 0.6) is 11.5 Å². The zero-order chi connectivity index (χ0) is 25.5. The largest absolute Gasteiger partial charge is 0.460 e. The molecule has 0 spiro atoms. The van der Waals surface area contributed by atoms with Gasteiger partial charge in [0.2, 0.25) is 5.91 Å². The number of para-hydroxylation sites is 1. The maximum Gasteiger partial charge on any atom is 0.338 e. The van der Waals surface area contributed by atoms with E-state index in [0.29, 0.717) is 41.1 Å². The molecular formula is C27H29N3O5S. The lowest BCUT2D eigenvalue weighted by Gasteiger charge is -2.36. The van der Waals surface area contributed by atoms with Gasteiger partial charge in [-0.1, -0.05) is 42.1 Å². The molecule has 2 aliphatic heterocycles. The molecule has 1 atom stereocenters. The smallest absolute Gasteiger partial charge is 0.338 e. The van der Waals surface area contributed by atoms with Crippen LogP contribution in [0.4, 0.5) is 0 Å². The van der Waals surface area contributed by atoms with Crippen molar-refractivity contribution >= 4 is 28.8 Å². The van der Waals surface area contributed by atoms with E-state index in [1.54, 1.807) is 14.0 Å². The van der Waals surface area contributed by atoms with Gasteiger partial charge in [-0.3, -0.25) is 4.79 Å². The quantitative estimate of drug-likeness (QED) is 0.366. The van der Waals surface area contributed by atoms with Crippen LogP contribution in [0.25, 0.3) is 0 Å². The van der Waals surface area contributed by atoms with Gasteiger partial charge in [0.15, 0.2) is 5.17 Å². The number of carbonyl (C=O) groups excluding carboxylic acids is 2. The van der Waals surface area contributed by atoms with Gasteiger partial charge in [0.1, 0.15) is 18.1 Å². The molecule has 9 heteroatoms. The van der Waals surface area contributed by atoms with E-state index in [1.807, 2.05) is 71.8 Å². The van der Waals surface area contributed by atoms with E-state index in [9.17, 15) is 9.59 Å². The van der Waals surface area contributed by atoms with Gasteiger partial charge in [0.05, 0.1) is 30.3 Å². The second kappa shape index (κ2) is 11.9. The Morgan fingerprint density at radius 1 is 1.08 bits per heavy atom. The number of hydrogen-bond donors (Lipinski definition) is 1. The van der Waals surface area contributed by atoms with Crippen molar-refractivity contribution in [2.24, 2.45) is 4.99 Å². The molecule has 0 bridgehead atoms. The number of allylic oxidation sites excluding steroid dienone is 1. The van der Waals surface area contributed by atoms with E-state index in [-0.39, 0.29) is 18.9 Å². The van der Waals surface area contributed by atoms with Crippen molar-refractivity contribution in [2.45, 2.75) is 26.3 Å². The number of ether oxygens (including phenoxy) is 3. The first-order chi connectivity index (χ1) is 17.5. The maximum absolute atomic E-state index is 13.3. The standard InChI is InChI=1S/C27H29N3O5S/c1-4-28-23(31)16-20-17-36-27-29-18(2)24(26(32)34-14-13-33-3)25(30(20)27)19-9-8-12-22(15-19)35-21-10-6-5-7-11-21/h5-12,15,17,25H,4,13-14,16H2,1-3H3,(H,28,31). The van der Waals surface area contributed by atoms with Crippen LogP contribution in [0, 0.1) is 0 Å². The molecule has 2 aromatic carbocycles. The van der Waals surface area contributed by atoms with Crippen LogP contribution in [0.15, 0.2) is 82.0 Å². The molecule has 188 valence electrons. The van der Waals surface area contributed by atoms with E-state index >= 15 is 0 Å². The fourth-order valence-electron chi connectivity index (χ4n) is 4.04. The summed E-state index contributed by atoms with van der Waals surface area (Å²) in [6, 6.07) is 16.6. The first-order valence-corrected chi connectivity index (χ1v) is 12.6. The molecule has 0 radical (unpaired) electrons. The molecule has 2 aromatic rings. The molecule has 0 saturated carbocycles. The maximum atomic E-state index is 13.3. The van der Waals surface area contributed by atoms with Gasteiger partial charge in [-0.25, -0.2) is 9.79 Å². The van der Waals surface area contributed by atoms with Gasteiger partial charge in [-0.15, -0.1) is 0 Å². The summed E-state index contributed by atoms with van der Waals surface area (Å²) < 4.78 is 16.6. The van der Waals surface area contributed by atoms with Gasteiger partial charge in [0.25, 0.3) is 0 Å². The number of amides is 1. The van der Waals surface area contributed by atoms with Crippen molar-refractivity contribution in [3.8, 4) is 11.5 Å². The Bertz CT molecular complexity index is 1210. The van der Waals surface area contributed by atoms with E-state index in [1.165, 1.54) is 11.8 Å². The third kappa shape index (κ3) is 5.80. The van der Waals surface area contributed by atoms with Crippen molar-refractivity contribution in [3.63, 3.8) is 0 Å². The number of benzene rings is 2. The van der Waals surface area contributed by atoms with E-state index < -0.39 is 12.0 Å². The zero-order valence-corrected chi connectivity index (χ0v) is 21.3. The fraction of sp³-hybridized carbons (Fsp3) is 0.296. The van der Waals surface area contributed by atoms with Crippen molar-refractivity contribution in [3.05, 3.63) is 82.5 Å². The van der Waals surface area contributed by atoms with Crippen molar-refractivity contribution in [2.75, 3.05) is 26.9 Å². The summed E-state index contributed by atoms with van der Waals surface area (Å²) in [5, 5.41) is 5.47. The van der Waals surface area contributed by atoms with Crippen LogP contribution in [-0.4, -0.2) is 48.8 Å². The fourth-order valence-corrected chi connectivity index (χ4v) is 5.00. The topological polar surface area (TPSA) is 89.5 Å². The van der Waals surface area contributed by atoms with Crippen LogP contribution in [-0.2, 0) is 19.1 Å². The average molecular weight is 508 g/mol. The van der Waals surface area contributed by atoms with Crippen LogP contribution in [0.2, 0.25) is 0 Å². The van der Waals surface area contributed by atoms with Crippen molar-refractivity contribution < 1.29 is 23.8 Å². The molecule has 0 fully saturated rings. The van der Waals surface area contributed by atoms with Gasteiger partial charge >= 0.3 is 5.97 Å². The number of rotatable bonds is 10. The third-order valence-corrected chi connectivity index (χ3v) is 6.50. The molecule has 36 heavy (non-hydrogen) atoms. The van der Waals surface area contributed by atoms with E-state index in [4.69, 9.17) is 14.2 Å². The lowest BCUT2D eigenvalue weighted by Crippen LogP contribution is -2.38. The Morgan fingerprint density at radius 3 is 2.61 bits per heavy atom. The predicted molar refractivity (Wildman–Crippen MR) is 139 cm³/mol. The van der Waals surface area contributed by atoms with Crippen molar-refractivity contribution in [1.29, 1.82) is 0 Å². The molecule has 2 aliphatic rings. The molecule has 0 aliphatic carbocycles. The molecule has 2 heterocycles. The summed E-state index contributed by atoms with van der Waals surface area (Å²) in [7, 11) is 1.55. The number of fused-ring (bicyclic) bond motifs is 1. The van der Waals surface area contributed by atoms with Gasteiger partial charge in [-0.2, -0.15) is 0 Å². The Hall–Kier alpha value is -3.56. The van der Waals surface area contributed by atoms with Crippen LogP contribution >= 0.6 is 11.8 Å². The highest BCUT2D eigenvalue weighted by atomic mass is 32.2. The lowest BCUT2D eigenvalue weighted by molar-refractivity contribution is -0.141. The number of hydrogen-bond acceptors (Lipinski definition) is 8. The third-order valence-electron chi connectivity index (χ3n) is 5.61. The Balaban J connectivity index is 1.72. The highest BCUT2D eigenvalue weighted by molar-refractivity contribution is 8.16. The van der Waals surface area contributed by atoms with Crippen molar-refractivity contribution in [1.82, 2.24) is 10.2 Å². The molecule has 0 saturated heterocycles. The van der Waals surface area contributed by atoms with Crippen LogP contribution < -0.4 is 10.1 Å². The molecule has 1 N–H and O–H groups in total. The minimum Gasteiger partial charge on any atom is -0.460 e. The van der Waals surface area contributed by atoms with E-state index in [2.05, 4.69) is 10.3 Å². The Kier molecular flexibility index (Phi) is 8.45. The second-order valence-electron chi connectivity index (χ2n) is 8.14. The average Bonchev–Trinajstić information content (AvgIpc) is 3.25. The van der Waals surface area contributed by atoms with Gasteiger partial charge in [-0.05, 0) is 49.1 Å². The SMILES string of the molecule is CCNC(=O)CC1=CSC2=NC(C)=C(C(=O)OCCOC)C(c3cccc(Oc4ccccc4)c3)N12. The number of carbonyl (C=O) groups is 2. The molecule has 1 amide bonds. The molecule has 4 rings (SSSR count). The highest BCUT2D eigenvalue weighted by Gasteiger charge is 2.41. The number of thioether (sulfide) groups is 1. The van der Waals surface area contributed by atoms with Crippen LogP contribution in [0.1, 0.15) is 31.9 Å². The zero-order valence-electron chi connectivity index (χ0n) is 20.5. The minimum atomic E-state index is -0.539. The Morgan fingerprint density at radius 2 is 1.86 bits per heavy atom.